The van der Waals surface area contributed by atoms with Crippen molar-refractivity contribution in [3.63, 3.8) is 0 Å². The molecule has 0 N–H and O–H groups in total. The number of benzene rings is 7. The first-order valence-electron chi connectivity index (χ1n) is 16.8. The lowest BCUT2D eigenvalue weighted by Gasteiger charge is -2.12. The molecule has 3 heterocycles. The van der Waals surface area contributed by atoms with Gasteiger partial charge in [-0.3, -0.25) is 4.57 Å². The fourth-order valence-corrected chi connectivity index (χ4v) is 7.28. The molecule has 0 saturated carbocycles. The molecule has 0 fully saturated rings. The molecule has 7 aromatic carbocycles. The normalized spacial score (nSPS) is 11.6. The molecule has 234 valence electrons. The molecule has 0 aliphatic heterocycles. The Balaban J connectivity index is 1.27. The van der Waals surface area contributed by atoms with E-state index in [1.54, 1.807) is 0 Å². The maximum absolute atomic E-state index is 5.24. The van der Waals surface area contributed by atoms with Crippen molar-refractivity contribution in [1.82, 2.24) is 24.1 Å². The number of aromatic nitrogens is 5. The Morgan fingerprint density at radius 3 is 1.44 bits per heavy atom. The van der Waals surface area contributed by atoms with Gasteiger partial charge < -0.3 is 4.57 Å². The third kappa shape index (κ3) is 4.52. The second-order valence-electron chi connectivity index (χ2n) is 12.5. The van der Waals surface area contributed by atoms with E-state index in [-0.39, 0.29) is 0 Å². The lowest BCUT2D eigenvalue weighted by Crippen LogP contribution is -2.06. The van der Waals surface area contributed by atoms with E-state index in [0.717, 1.165) is 55.3 Å². The minimum atomic E-state index is 0.580. The Morgan fingerprint density at radius 2 is 0.780 bits per heavy atom. The maximum atomic E-state index is 5.24. The Bertz CT molecular complexity index is 2850. The number of hydrogen-bond donors (Lipinski definition) is 0. The third-order valence-electron chi connectivity index (χ3n) is 9.56. The molecular weight excluding hydrogens is 611 g/mol. The molecular formula is C45H29N5. The molecule has 0 aliphatic carbocycles. The van der Waals surface area contributed by atoms with Gasteiger partial charge in [0, 0.05) is 38.4 Å². The van der Waals surface area contributed by atoms with E-state index >= 15 is 0 Å². The zero-order valence-electron chi connectivity index (χ0n) is 27.0. The summed E-state index contributed by atoms with van der Waals surface area (Å²) in [7, 11) is 0. The van der Waals surface area contributed by atoms with Crippen LogP contribution in [-0.2, 0) is 0 Å². The summed E-state index contributed by atoms with van der Waals surface area (Å²) < 4.78 is 4.57. The smallest absolute Gasteiger partial charge is 0.238 e. The highest BCUT2D eigenvalue weighted by Gasteiger charge is 2.21. The highest BCUT2D eigenvalue weighted by Crippen LogP contribution is 2.39. The van der Waals surface area contributed by atoms with Crippen molar-refractivity contribution in [3.05, 3.63) is 176 Å². The second kappa shape index (κ2) is 11.4. The molecule has 5 heteroatoms. The van der Waals surface area contributed by atoms with Crippen LogP contribution in [0.4, 0.5) is 0 Å². The molecule has 0 atom stereocenters. The van der Waals surface area contributed by atoms with E-state index in [0.29, 0.717) is 17.6 Å². The van der Waals surface area contributed by atoms with Crippen LogP contribution in [0.1, 0.15) is 0 Å². The summed E-state index contributed by atoms with van der Waals surface area (Å²) in [5.74, 6) is 1.83. The molecule has 0 unspecified atom stereocenters. The lowest BCUT2D eigenvalue weighted by atomic mass is 10.0. The minimum absolute atomic E-state index is 0.580. The van der Waals surface area contributed by atoms with E-state index in [4.69, 9.17) is 15.0 Å². The fourth-order valence-electron chi connectivity index (χ4n) is 7.28. The van der Waals surface area contributed by atoms with Crippen molar-refractivity contribution < 1.29 is 0 Å². The van der Waals surface area contributed by atoms with Crippen LogP contribution in [0, 0.1) is 0 Å². The first-order valence-corrected chi connectivity index (χ1v) is 16.8. The van der Waals surface area contributed by atoms with Gasteiger partial charge in [-0.15, -0.1) is 0 Å². The standard InChI is InChI=1S/C45H29N5/c1-4-15-30(16-5-1)32-19-14-20-33(27-32)44-46-43(31-17-6-2-7-18-31)47-45(48-44)50-40-26-13-11-24-36(40)38-28-41-37(29-42(38)50)35-23-10-12-25-39(35)49(41)34-21-8-3-9-22-34/h1-29H. The van der Waals surface area contributed by atoms with E-state index in [1.807, 2.05) is 24.3 Å². The van der Waals surface area contributed by atoms with Gasteiger partial charge in [0.1, 0.15) is 0 Å². The number of fused-ring (bicyclic) bond motifs is 6. The van der Waals surface area contributed by atoms with Crippen molar-refractivity contribution in [1.29, 1.82) is 0 Å². The van der Waals surface area contributed by atoms with Crippen LogP contribution in [-0.4, -0.2) is 24.1 Å². The second-order valence-corrected chi connectivity index (χ2v) is 12.5. The van der Waals surface area contributed by atoms with E-state index in [1.165, 1.54) is 16.3 Å². The molecule has 0 saturated heterocycles. The molecule has 10 aromatic rings. The predicted molar refractivity (Wildman–Crippen MR) is 205 cm³/mol. The number of para-hydroxylation sites is 3. The lowest BCUT2D eigenvalue weighted by molar-refractivity contribution is 0.954. The van der Waals surface area contributed by atoms with Gasteiger partial charge in [-0.05, 0) is 53.6 Å². The van der Waals surface area contributed by atoms with Crippen LogP contribution < -0.4 is 0 Å². The largest absolute Gasteiger partial charge is 0.309 e. The molecule has 0 radical (unpaired) electrons. The predicted octanol–water partition coefficient (Wildman–Crippen LogP) is 11.1. The topological polar surface area (TPSA) is 48.5 Å². The first-order chi connectivity index (χ1) is 24.8. The molecule has 0 amide bonds. The zero-order valence-corrected chi connectivity index (χ0v) is 27.0. The Labute approximate surface area is 288 Å². The van der Waals surface area contributed by atoms with Gasteiger partial charge in [-0.2, -0.15) is 9.97 Å². The number of nitrogens with zero attached hydrogens (tertiary/aromatic N) is 5. The summed E-state index contributed by atoms with van der Waals surface area (Å²) in [5.41, 5.74) is 9.68. The van der Waals surface area contributed by atoms with Gasteiger partial charge in [0.25, 0.3) is 0 Å². The van der Waals surface area contributed by atoms with Crippen LogP contribution in [0.5, 0.6) is 0 Å². The first kappa shape index (κ1) is 28.2. The number of rotatable bonds is 5. The highest BCUT2D eigenvalue weighted by atomic mass is 15.2. The van der Waals surface area contributed by atoms with Gasteiger partial charge in [0.2, 0.25) is 5.95 Å². The average Bonchev–Trinajstić information content (AvgIpc) is 3.70. The maximum Gasteiger partial charge on any atom is 0.238 e. The number of hydrogen-bond acceptors (Lipinski definition) is 3. The molecule has 0 bridgehead atoms. The highest BCUT2D eigenvalue weighted by molar-refractivity contribution is 6.18. The minimum Gasteiger partial charge on any atom is -0.309 e. The molecule has 0 spiro atoms. The van der Waals surface area contributed by atoms with Crippen LogP contribution >= 0.6 is 0 Å². The van der Waals surface area contributed by atoms with Gasteiger partial charge in [0.15, 0.2) is 11.6 Å². The van der Waals surface area contributed by atoms with Gasteiger partial charge >= 0.3 is 0 Å². The summed E-state index contributed by atoms with van der Waals surface area (Å²) in [5, 5.41) is 4.66. The van der Waals surface area contributed by atoms with Crippen LogP contribution in [0.2, 0.25) is 0 Å². The quantitative estimate of drug-likeness (QED) is 0.188. The van der Waals surface area contributed by atoms with E-state index < -0.39 is 0 Å². The van der Waals surface area contributed by atoms with Crippen molar-refractivity contribution >= 4 is 43.6 Å². The van der Waals surface area contributed by atoms with Crippen LogP contribution in [0.25, 0.3) is 89.2 Å². The van der Waals surface area contributed by atoms with Crippen molar-refractivity contribution in [2.75, 3.05) is 0 Å². The van der Waals surface area contributed by atoms with Crippen LogP contribution in [0.3, 0.4) is 0 Å². The molecule has 3 aromatic heterocycles. The van der Waals surface area contributed by atoms with E-state index in [9.17, 15) is 0 Å². The summed E-state index contributed by atoms with van der Waals surface area (Å²) >= 11 is 0. The molecule has 50 heavy (non-hydrogen) atoms. The SMILES string of the molecule is c1ccc(-c2cccc(-c3nc(-c4ccccc4)nc(-n4c5ccccc5c5cc6c(cc54)c4ccccc4n6-c4ccccc4)n3)c2)cc1. The van der Waals surface area contributed by atoms with Gasteiger partial charge in [0.05, 0.1) is 22.1 Å². The summed E-state index contributed by atoms with van der Waals surface area (Å²) in [6.45, 7) is 0. The van der Waals surface area contributed by atoms with Crippen molar-refractivity contribution in [2.24, 2.45) is 0 Å². The third-order valence-corrected chi connectivity index (χ3v) is 9.56. The Hall–Kier alpha value is -6.85. The van der Waals surface area contributed by atoms with Crippen molar-refractivity contribution in [2.45, 2.75) is 0 Å². The Morgan fingerprint density at radius 1 is 0.300 bits per heavy atom. The van der Waals surface area contributed by atoms with Crippen molar-refractivity contribution in [3.8, 4) is 45.5 Å². The zero-order chi connectivity index (χ0) is 33.0. The summed E-state index contributed by atoms with van der Waals surface area (Å²) in [4.78, 5) is 15.5. The monoisotopic (exact) mass is 639 g/mol. The molecule has 10 rings (SSSR count). The van der Waals surface area contributed by atoms with Crippen LogP contribution in [0.15, 0.2) is 176 Å². The fraction of sp³-hybridized carbons (Fsp3) is 0. The van der Waals surface area contributed by atoms with Gasteiger partial charge in [-0.1, -0.05) is 133 Å². The van der Waals surface area contributed by atoms with E-state index in [2.05, 4.69) is 161 Å². The molecule has 0 aliphatic rings. The summed E-state index contributed by atoms with van der Waals surface area (Å²) in [6, 6.07) is 61.4. The summed E-state index contributed by atoms with van der Waals surface area (Å²) in [6.07, 6.45) is 0. The average molecular weight is 640 g/mol. The Kier molecular flexibility index (Phi) is 6.42. The van der Waals surface area contributed by atoms with Gasteiger partial charge in [-0.25, -0.2) is 4.98 Å². The molecule has 5 nitrogen and oxygen atoms in total.